The van der Waals surface area contributed by atoms with Crippen molar-refractivity contribution in [3.8, 4) is 0 Å². The van der Waals surface area contributed by atoms with Crippen LogP contribution in [-0.4, -0.2) is 52.7 Å². The van der Waals surface area contributed by atoms with Gasteiger partial charge >= 0.3 is 0 Å². The van der Waals surface area contributed by atoms with Crippen molar-refractivity contribution in [1.29, 1.82) is 0 Å². The summed E-state index contributed by atoms with van der Waals surface area (Å²) in [6.07, 6.45) is 6.64. The van der Waals surface area contributed by atoms with Gasteiger partial charge in [0.1, 0.15) is 5.82 Å². The lowest BCUT2D eigenvalue weighted by atomic mass is 9.98. The van der Waals surface area contributed by atoms with Gasteiger partial charge in [0.2, 0.25) is 5.91 Å². The van der Waals surface area contributed by atoms with Gasteiger partial charge in [0, 0.05) is 57.5 Å². The smallest absolute Gasteiger partial charge is 0.223 e. The van der Waals surface area contributed by atoms with Gasteiger partial charge in [0.25, 0.3) is 0 Å². The second kappa shape index (κ2) is 6.79. The van der Waals surface area contributed by atoms with E-state index in [1.54, 1.807) is 0 Å². The monoisotopic (exact) mass is 306 g/mol. The van der Waals surface area contributed by atoms with Crippen molar-refractivity contribution >= 4 is 5.91 Å². The maximum absolute atomic E-state index is 12.3. The Bertz CT molecular complexity index is 510. The number of rotatable bonds is 5. The van der Waals surface area contributed by atoms with Crippen LogP contribution in [0.15, 0.2) is 12.4 Å². The molecule has 2 aliphatic heterocycles. The molecule has 1 N–H and O–H groups in total. The van der Waals surface area contributed by atoms with Gasteiger partial charge in [0.05, 0.1) is 12.6 Å². The number of likely N-dealkylation sites (tertiary alicyclic amines) is 1. The van der Waals surface area contributed by atoms with Crippen LogP contribution in [-0.2, 0) is 16.6 Å². The van der Waals surface area contributed by atoms with E-state index < -0.39 is 0 Å². The van der Waals surface area contributed by atoms with Crippen LogP contribution in [0.3, 0.4) is 0 Å². The summed E-state index contributed by atoms with van der Waals surface area (Å²) in [5.41, 5.74) is 0. The second-order valence-electron chi connectivity index (χ2n) is 6.31. The number of aryl methyl sites for hydroxylation is 1. The maximum Gasteiger partial charge on any atom is 0.223 e. The van der Waals surface area contributed by atoms with Gasteiger partial charge in [-0.2, -0.15) is 0 Å². The normalized spacial score (nSPS) is 29.3. The van der Waals surface area contributed by atoms with Crippen molar-refractivity contribution in [1.82, 2.24) is 19.8 Å². The van der Waals surface area contributed by atoms with E-state index in [1.807, 2.05) is 35.8 Å². The number of aromatic nitrogens is 2. The fourth-order valence-electron chi connectivity index (χ4n) is 3.65. The molecule has 6 heteroatoms. The summed E-state index contributed by atoms with van der Waals surface area (Å²) in [4.78, 5) is 18.8. The first-order valence-corrected chi connectivity index (χ1v) is 8.28. The van der Waals surface area contributed by atoms with E-state index in [0.29, 0.717) is 12.5 Å². The molecule has 2 fully saturated rings. The highest BCUT2D eigenvalue weighted by atomic mass is 16.5. The topological polar surface area (TPSA) is 59.4 Å². The molecule has 22 heavy (non-hydrogen) atoms. The molecule has 1 unspecified atom stereocenters. The molecule has 0 aliphatic carbocycles. The third-order valence-corrected chi connectivity index (χ3v) is 4.83. The Hall–Kier alpha value is -1.40. The molecule has 0 radical (unpaired) electrons. The number of amides is 1. The minimum Gasteiger partial charge on any atom is -0.380 e. The molecular formula is C16H26N4O2. The number of ether oxygens (including phenoxy) is 1. The fraction of sp³-hybridized carbons (Fsp3) is 0.750. The van der Waals surface area contributed by atoms with E-state index in [-0.39, 0.29) is 17.9 Å². The average Bonchev–Trinajstić information content (AvgIpc) is 3.08. The van der Waals surface area contributed by atoms with E-state index in [4.69, 9.17) is 4.74 Å². The van der Waals surface area contributed by atoms with Gasteiger partial charge in [-0.15, -0.1) is 0 Å². The molecule has 1 amide bonds. The molecule has 1 aromatic heterocycles. The number of hydrogen-bond donors (Lipinski definition) is 1. The van der Waals surface area contributed by atoms with Crippen molar-refractivity contribution in [2.45, 2.75) is 38.3 Å². The zero-order valence-corrected chi connectivity index (χ0v) is 13.5. The maximum atomic E-state index is 12.3. The summed E-state index contributed by atoms with van der Waals surface area (Å²) in [5.74, 6) is 1.50. The van der Waals surface area contributed by atoms with Crippen LogP contribution < -0.4 is 5.32 Å². The Kier molecular flexibility index (Phi) is 4.78. The second-order valence-corrected chi connectivity index (χ2v) is 6.31. The molecule has 0 bridgehead atoms. The van der Waals surface area contributed by atoms with Crippen molar-refractivity contribution < 1.29 is 9.53 Å². The lowest BCUT2D eigenvalue weighted by Gasteiger charge is -2.29. The van der Waals surface area contributed by atoms with Crippen molar-refractivity contribution in [3.05, 3.63) is 18.2 Å². The van der Waals surface area contributed by atoms with Crippen LogP contribution in [0.2, 0.25) is 0 Å². The molecule has 3 rings (SSSR count). The number of nitrogens with zero attached hydrogens (tertiary/aromatic N) is 3. The lowest BCUT2D eigenvalue weighted by Crippen LogP contribution is -2.41. The number of nitrogens with one attached hydrogen (secondary N) is 1. The summed E-state index contributed by atoms with van der Waals surface area (Å²) < 4.78 is 7.55. The van der Waals surface area contributed by atoms with Crippen LogP contribution in [0.5, 0.6) is 0 Å². The summed E-state index contributed by atoms with van der Waals surface area (Å²) >= 11 is 0. The summed E-state index contributed by atoms with van der Waals surface area (Å²) in [5, 5.41) is 3.60. The predicted molar refractivity (Wildman–Crippen MR) is 83.3 cm³/mol. The molecule has 1 aromatic rings. The first-order valence-electron chi connectivity index (χ1n) is 8.28. The van der Waals surface area contributed by atoms with E-state index >= 15 is 0 Å². The first-order chi connectivity index (χ1) is 10.7. The fourth-order valence-corrected chi connectivity index (χ4v) is 3.65. The Morgan fingerprint density at radius 2 is 2.36 bits per heavy atom. The lowest BCUT2D eigenvalue weighted by molar-refractivity contribution is -0.128. The molecule has 0 saturated carbocycles. The third kappa shape index (κ3) is 3.03. The van der Waals surface area contributed by atoms with E-state index in [2.05, 4.69) is 10.3 Å². The minimum absolute atomic E-state index is 0.0782. The highest BCUT2D eigenvalue weighted by Gasteiger charge is 2.41. The van der Waals surface area contributed by atoms with Crippen molar-refractivity contribution in [2.24, 2.45) is 13.0 Å². The summed E-state index contributed by atoms with van der Waals surface area (Å²) in [7, 11) is 2.00. The molecular weight excluding hydrogens is 280 g/mol. The summed E-state index contributed by atoms with van der Waals surface area (Å²) in [6, 6.07) is 0.496. The predicted octanol–water partition coefficient (Wildman–Crippen LogP) is 1.10. The van der Waals surface area contributed by atoms with Crippen LogP contribution in [0.4, 0.5) is 0 Å². The molecule has 0 spiro atoms. The Labute approximate surface area is 131 Å². The van der Waals surface area contributed by atoms with Gasteiger partial charge in [-0.25, -0.2) is 4.98 Å². The van der Waals surface area contributed by atoms with Gasteiger partial charge in [-0.05, 0) is 19.8 Å². The van der Waals surface area contributed by atoms with Gasteiger partial charge in [-0.1, -0.05) is 0 Å². The Morgan fingerprint density at radius 1 is 1.50 bits per heavy atom. The average molecular weight is 306 g/mol. The van der Waals surface area contributed by atoms with Crippen LogP contribution in [0.1, 0.15) is 38.1 Å². The molecule has 122 valence electrons. The van der Waals surface area contributed by atoms with Crippen molar-refractivity contribution in [2.75, 3.05) is 26.3 Å². The quantitative estimate of drug-likeness (QED) is 0.885. The highest BCUT2D eigenvalue weighted by molar-refractivity contribution is 5.79. The molecule has 0 aromatic carbocycles. The first kappa shape index (κ1) is 15.5. The standard InChI is InChI=1S/C16H26N4O2/c1-3-20-14(21)9-12(10-18-13-5-4-8-22-11-13)15(20)16-17-6-7-19(16)2/h6-7,12-13,15,18H,3-5,8-11H2,1-2H3/t12-,13?,15+/m0/s1. The van der Waals surface area contributed by atoms with Crippen LogP contribution in [0, 0.1) is 5.92 Å². The number of carbonyl (C=O) groups excluding carboxylic acids is 1. The molecule has 2 aliphatic rings. The molecule has 2 saturated heterocycles. The Balaban J connectivity index is 1.70. The summed E-state index contributed by atoms with van der Waals surface area (Å²) in [6.45, 7) is 5.27. The molecule has 3 heterocycles. The number of imidazole rings is 1. The zero-order valence-electron chi connectivity index (χ0n) is 13.5. The SMILES string of the molecule is CCN1C(=O)C[C@@H](CNC2CCCOC2)[C@@H]1c1nccn1C. The number of carbonyl (C=O) groups is 1. The van der Waals surface area contributed by atoms with Gasteiger partial charge in [0.15, 0.2) is 0 Å². The highest BCUT2D eigenvalue weighted by Crippen LogP contribution is 2.36. The van der Waals surface area contributed by atoms with Gasteiger partial charge in [-0.3, -0.25) is 4.79 Å². The number of hydrogen-bond acceptors (Lipinski definition) is 4. The van der Waals surface area contributed by atoms with E-state index in [0.717, 1.165) is 45.0 Å². The third-order valence-electron chi connectivity index (χ3n) is 4.83. The van der Waals surface area contributed by atoms with Crippen LogP contribution in [0.25, 0.3) is 0 Å². The minimum atomic E-state index is 0.0782. The molecule has 3 atom stereocenters. The van der Waals surface area contributed by atoms with Gasteiger partial charge < -0.3 is 19.5 Å². The molecule has 6 nitrogen and oxygen atoms in total. The van der Waals surface area contributed by atoms with E-state index in [9.17, 15) is 4.79 Å². The Morgan fingerprint density at radius 3 is 3.00 bits per heavy atom. The zero-order chi connectivity index (χ0) is 15.5. The largest absolute Gasteiger partial charge is 0.380 e. The van der Waals surface area contributed by atoms with Crippen LogP contribution >= 0.6 is 0 Å². The van der Waals surface area contributed by atoms with E-state index in [1.165, 1.54) is 0 Å². The van der Waals surface area contributed by atoms with Crippen molar-refractivity contribution in [3.63, 3.8) is 0 Å².